The van der Waals surface area contributed by atoms with Crippen LogP contribution in [0.4, 0.5) is 0 Å². The molecule has 0 radical (unpaired) electrons. The highest BCUT2D eigenvalue weighted by atomic mass is 16.4. The SMILES string of the molecule is CCC(C)(CNC(=O)C1=NNC(=O)CC1)C(=O)O. The molecule has 18 heavy (non-hydrogen) atoms. The number of carbonyl (C=O) groups excluding carboxylic acids is 2. The zero-order valence-electron chi connectivity index (χ0n) is 10.4. The summed E-state index contributed by atoms with van der Waals surface area (Å²) >= 11 is 0. The fourth-order valence-corrected chi connectivity index (χ4v) is 1.37. The Kier molecular flexibility index (Phi) is 4.41. The first-order valence-electron chi connectivity index (χ1n) is 5.76. The van der Waals surface area contributed by atoms with Crippen molar-refractivity contribution in [3.63, 3.8) is 0 Å². The first-order valence-corrected chi connectivity index (χ1v) is 5.76. The molecule has 100 valence electrons. The maximum Gasteiger partial charge on any atom is 0.311 e. The zero-order chi connectivity index (χ0) is 13.8. The van der Waals surface area contributed by atoms with Crippen molar-refractivity contribution in [1.82, 2.24) is 10.7 Å². The monoisotopic (exact) mass is 255 g/mol. The van der Waals surface area contributed by atoms with E-state index in [0.29, 0.717) is 6.42 Å². The summed E-state index contributed by atoms with van der Waals surface area (Å²) in [5.74, 6) is -1.62. The minimum absolute atomic E-state index is 0.0324. The van der Waals surface area contributed by atoms with Crippen LogP contribution in [0.2, 0.25) is 0 Å². The van der Waals surface area contributed by atoms with Gasteiger partial charge in [0.05, 0.1) is 5.41 Å². The molecule has 1 aliphatic heterocycles. The van der Waals surface area contributed by atoms with Gasteiger partial charge < -0.3 is 10.4 Å². The van der Waals surface area contributed by atoms with Crippen LogP contribution in [0, 0.1) is 5.41 Å². The van der Waals surface area contributed by atoms with E-state index in [9.17, 15) is 14.4 Å². The molecule has 1 aliphatic rings. The van der Waals surface area contributed by atoms with Gasteiger partial charge in [0.1, 0.15) is 5.71 Å². The summed E-state index contributed by atoms with van der Waals surface area (Å²) in [7, 11) is 0. The van der Waals surface area contributed by atoms with E-state index in [1.165, 1.54) is 0 Å². The number of nitrogens with zero attached hydrogens (tertiary/aromatic N) is 1. The second-order valence-electron chi connectivity index (χ2n) is 4.50. The van der Waals surface area contributed by atoms with Crippen LogP contribution in [0.5, 0.6) is 0 Å². The second-order valence-corrected chi connectivity index (χ2v) is 4.50. The molecular weight excluding hydrogens is 238 g/mol. The van der Waals surface area contributed by atoms with E-state index in [0.717, 1.165) is 0 Å². The third-order valence-electron chi connectivity index (χ3n) is 3.10. The van der Waals surface area contributed by atoms with Crippen molar-refractivity contribution in [2.75, 3.05) is 6.54 Å². The van der Waals surface area contributed by atoms with Crippen LogP contribution in [0.15, 0.2) is 5.10 Å². The molecule has 7 heteroatoms. The Morgan fingerprint density at radius 2 is 2.17 bits per heavy atom. The number of carbonyl (C=O) groups is 3. The van der Waals surface area contributed by atoms with E-state index in [2.05, 4.69) is 15.8 Å². The average Bonchev–Trinajstić information content (AvgIpc) is 2.36. The Balaban J connectivity index is 2.56. The molecule has 1 unspecified atom stereocenters. The quantitative estimate of drug-likeness (QED) is 0.635. The molecule has 3 N–H and O–H groups in total. The summed E-state index contributed by atoms with van der Waals surface area (Å²) < 4.78 is 0. The normalized spacial score (nSPS) is 18.3. The number of carboxylic acids is 1. The molecule has 0 aromatic rings. The van der Waals surface area contributed by atoms with Gasteiger partial charge in [0.25, 0.3) is 5.91 Å². The van der Waals surface area contributed by atoms with E-state index < -0.39 is 17.3 Å². The molecule has 0 spiro atoms. The number of amides is 2. The Morgan fingerprint density at radius 3 is 2.61 bits per heavy atom. The largest absolute Gasteiger partial charge is 0.481 e. The molecular formula is C11H17N3O4. The molecule has 2 amide bonds. The lowest BCUT2D eigenvalue weighted by Crippen LogP contribution is -2.44. The minimum Gasteiger partial charge on any atom is -0.481 e. The van der Waals surface area contributed by atoms with Crippen LogP contribution in [-0.2, 0) is 14.4 Å². The molecule has 1 atom stereocenters. The lowest BCUT2D eigenvalue weighted by Gasteiger charge is -2.23. The lowest BCUT2D eigenvalue weighted by atomic mass is 9.87. The van der Waals surface area contributed by atoms with Gasteiger partial charge in [-0.15, -0.1) is 0 Å². The van der Waals surface area contributed by atoms with Gasteiger partial charge in [-0.2, -0.15) is 5.10 Å². The number of carboxylic acid groups (broad SMARTS) is 1. The second kappa shape index (κ2) is 5.61. The Morgan fingerprint density at radius 1 is 1.50 bits per heavy atom. The van der Waals surface area contributed by atoms with Crippen LogP contribution >= 0.6 is 0 Å². The zero-order valence-corrected chi connectivity index (χ0v) is 10.4. The molecule has 7 nitrogen and oxygen atoms in total. The van der Waals surface area contributed by atoms with Crippen molar-refractivity contribution < 1.29 is 19.5 Å². The number of rotatable bonds is 5. The van der Waals surface area contributed by atoms with E-state index in [1.807, 2.05) is 0 Å². The number of aliphatic carboxylic acids is 1. The van der Waals surface area contributed by atoms with E-state index in [1.54, 1.807) is 13.8 Å². The van der Waals surface area contributed by atoms with Crippen molar-refractivity contribution in [3.05, 3.63) is 0 Å². The van der Waals surface area contributed by atoms with Gasteiger partial charge in [-0.05, 0) is 13.3 Å². The predicted octanol–water partition coefficient (Wildman–Crippen LogP) is -0.131. The maximum atomic E-state index is 11.7. The van der Waals surface area contributed by atoms with Crippen LogP contribution in [-0.4, -0.2) is 35.1 Å². The van der Waals surface area contributed by atoms with Crippen LogP contribution in [0.1, 0.15) is 33.1 Å². The van der Waals surface area contributed by atoms with E-state index >= 15 is 0 Å². The molecule has 0 aliphatic carbocycles. The third kappa shape index (κ3) is 3.28. The summed E-state index contributed by atoms with van der Waals surface area (Å²) in [5.41, 5.74) is 1.45. The average molecular weight is 255 g/mol. The minimum atomic E-state index is -0.992. The van der Waals surface area contributed by atoms with Crippen molar-refractivity contribution >= 4 is 23.5 Å². The number of hydrazone groups is 1. The highest BCUT2D eigenvalue weighted by Gasteiger charge is 2.32. The van der Waals surface area contributed by atoms with Gasteiger partial charge in [0, 0.05) is 19.4 Å². The van der Waals surface area contributed by atoms with Crippen LogP contribution < -0.4 is 10.7 Å². The topological polar surface area (TPSA) is 108 Å². The fourth-order valence-electron chi connectivity index (χ4n) is 1.37. The summed E-state index contributed by atoms with van der Waals surface area (Å²) in [6.45, 7) is 3.35. The number of hydrogen-bond donors (Lipinski definition) is 3. The van der Waals surface area contributed by atoms with E-state index in [-0.39, 0.29) is 31.0 Å². The van der Waals surface area contributed by atoms with Crippen molar-refractivity contribution in [3.8, 4) is 0 Å². The number of nitrogens with one attached hydrogen (secondary N) is 2. The summed E-state index contributed by atoms with van der Waals surface area (Å²) in [5, 5.41) is 15.2. The summed E-state index contributed by atoms with van der Waals surface area (Å²) in [4.78, 5) is 33.6. The molecule has 0 saturated carbocycles. The Labute approximate surface area is 105 Å². The van der Waals surface area contributed by atoms with Crippen molar-refractivity contribution in [2.24, 2.45) is 10.5 Å². The summed E-state index contributed by atoms with van der Waals surface area (Å²) in [6.07, 6.45) is 0.898. The molecule has 0 saturated heterocycles. The van der Waals surface area contributed by atoms with Gasteiger partial charge in [-0.1, -0.05) is 6.92 Å². The number of hydrogen-bond acceptors (Lipinski definition) is 4. The lowest BCUT2D eigenvalue weighted by molar-refractivity contribution is -0.148. The molecule has 0 fully saturated rings. The molecule has 0 aromatic carbocycles. The third-order valence-corrected chi connectivity index (χ3v) is 3.10. The van der Waals surface area contributed by atoms with Gasteiger partial charge in [0.15, 0.2) is 0 Å². The van der Waals surface area contributed by atoms with Gasteiger partial charge >= 0.3 is 5.97 Å². The van der Waals surface area contributed by atoms with Gasteiger partial charge in [-0.3, -0.25) is 14.4 Å². The molecule has 0 aromatic heterocycles. The van der Waals surface area contributed by atoms with Gasteiger partial charge in [-0.25, -0.2) is 5.43 Å². The van der Waals surface area contributed by atoms with Crippen molar-refractivity contribution in [1.29, 1.82) is 0 Å². The summed E-state index contributed by atoms with van der Waals surface area (Å²) in [6, 6.07) is 0. The maximum absolute atomic E-state index is 11.7. The van der Waals surface area contributed by atoms with Crippen LogP contribution in [0.25, 0.3) is 0 Å². The first kappa shape index (κ1) is 14.1. The molecule has 1 rings (SSSR count). The fraction of sp³-hybridized carbons (Fsp3) is 0.636. The van der Waals surface area contributed by atoms with Gasteiger partial charge in [0.2, 0.25) is 5.91 Å². The van der Waals surface area contributed by atoms with Crippen LogP contribution in [0.3, 0.4) is 0 Å². The van der Waals surface area contributed by atoms with Crippen molar-refractivity contribution in [2.45, 2.75) is 33.1 Å². The Bertz CT molecular complexity index is 405. The molecule has 1 heterocycles. The predicted molar refractivity (Wildman–Crippen MR) is 63.9 cm³/mol. The van der Waals surface area contributed by atoms with E-state index in [4.69, 9.17) is 5.11 Å². The highest BCUT2D eigenvalue weighted by molar-refractivity contribution is 6.39. The highest BCUT2D eigenvalue weighted by Crippen LogP contribution is 2.19. The first-order chi connectivity index (χ1) is 8.39. The molecule has 0 bridgehead atoms. The standard InChI is InChI=1S/C11H17N3O4/c1-3-11(2,10(17)18)6-12-9(16)7-4-5-8(15)14-13-7/h3-6H2,1-2H3,(H,12,16)(H,14,15)(H,17,18). The smallest absolute Gasteiger partial charge is 0.311 e. The Hall–Kier alpha value is -1.92.